The van der Waals surface area contributed by atoms with Gasteiger partial charge in [0.15, 0.2) is 5.96 Å². The highest BCUT2D eigenvalue weighted by atomic mass is 15.3. The van der Waals surface area contributed by atoms with Crippen LogP contribution in [0.25, 0.3) is 0 Å². The number of likely N-dealkylation sites (tertiary alicyclic amines) is 1. The van der Waals surface area contributed by atoms with E-state index in [1.165, 1.54) is 36.9 Å². The molecule has 1 aromatic heterocycles. The lowest BCUT2D eigenvalue weighted by Crippen LogP contribution is -2.37. The molecular formula is C21H33N7. The summed E-state index contributed by atoms with van der Waals surface area (Å²) in [4.78, 5) is 11.7. The van der Waals surface area contributed by atoms with Gasteiger partial charge in [0, 0.05) is 26.2 Å². The topological polar surface area (TPSA) is 70.4 Å². The second kappa shape index (κ2) is 10.2. The number of piperidine rings is 1. The van der Waals surface area contributed by atoms with Gasteiger partial charge in [-0.15, -0.1) is 0 Å². The van der Waals surface area contributed by atoms with E-state index in [0.717, 1.165) is 24.9 Å². The normalized spacial score (nSPS) is 18.2. The van der Waals surface area contributed by atoms with Crippen LogP contribution >= 0.6 is 0 Å². The zero-order valence-corrected chi connectivity index (χ0v) is 17.4. The molecule has 1 atom stereocenters. The van der Waals surface area contributed by atoms with Crippen molar-refractivity contribution < 1.29 is 0 Å². The lowest BCUT2D eigenvalue weighted by atomic mass is 10.0. The number of hydrogen-bond donors (Lipinski definition) is 2. The Morgan fingerprint density at radius 3 is 2.75 bits per heavy atom. The van der Waals surface area contributed by atoms with Crippen LogP contribution in [0.15, 0.2) is 35.6 Å². The van der Waals surface area contributed by atoms with E-state index in [1.54, 1.807) is 11.0 Å². The van der Waals surface area contributed by atoms with E-state index in [1.807, 2.05) is 7.05 Å². The predicted molar refractivity (Wildman–Crippen MR) is 113 cm³/mol. The van der Waals surface area contributed by atoms with Crippen LogP contribution in [0.3, 0.4) is 0 Å². The molecule has 0 saturated carbocycles. The number of rotatable bonds is 7. The van der Waals surface area contributed by atoms with E-state index in [4.69, 9.17) is 4.99 Å². The molecule has 1 saturated heterocycles. The fraction of sp³-hybridized carbons (Fsp3) is 0.571. The minimum atomic E-state index is 0.593. The Balaban J connectivity index is 1.65. The minimum Gasteiger partial charge on any atom is -0.357 e. The first-order chi connectivity index (χ1) is 13.7. The minimum absolute atomic E-state index is 0.593. The van der Waals surface area contributed by atoms with Crippen LogP contribution in [0.2, 0.25) is 0 Å². The second-order valence-corrected chi connectivity index (χ2v) is 7.43. The molecule has 2 heterocycles. The maximum Gasteiger partial charge on any atom is 0.191 e. The van der Waals surface area contributed by atoms with Gasteiger partial charge in [-0.3, -0.25) is 9.58 Å². The van der Waals surface area contributed by atoms with Crippen LogP contribution in [-0.4, -0.2) is 44.8 Å². The smallest absolute Gasteiger partial charge is 0.191 e. The zero-order valence-electron chi connectivity index (χ0n) is 17.4. The van der Waals surface area contributed by atoms with Crippen LogP contribution in [0.4, 0.5) is 0 Å². The van der Waals surface area contributed by atoms with Gasteiger partial charge in [0.05, 0.1) is 13.1 Å². The molecule has 1 unspecified atom stereocenters. The molecule has 0 radical (unpaired) electrons. The van der Waals surface area contributed by atoms with Crippen molar-refractivity contribution in [3.63, 3.8) is 0 Å². The molecule has 3 rings (SSSR count). The third-order valence-corrected chi connectivity index (χ3v) is 5.40. The SMILES string of the molecule is CCNC(=NCc1ccccc1CN1CCCCC1C)NCc1ncnn1C. The van der Waals surface area contributed by atoms with Crippen molar-refractivity contribution in [3.05, 3.63) is 47.5 Å². The van der Waals surface area contributed by atoms with Crippen molar-refractivity contribution in [2.45, 2.75) is 58.8 Å². The molecule has 0 aliphatic carbocycles. The highest BCUT2D eigenvalue weighted by molar-refractivity contribution is 5.79. The van der Waals surface area contributed by atoms with Crippen LogP contribution in [0.5, 0.6) is 0 Å². The molecule has 7 heteroatoms. The highest BCUT2D eigenvalue weighted by Gasteiger charge is 2.19. The molecular weight excluding hydrogens is 350 g/mol. The maximum absolute atomic E-state index is 4.80. The van der Waals surface area contributed by atoms with E-state index in [2.05, 4.69) is 63.7 Å². The summed E-state index contributed by atoms with van der Waals surface area (Å²) in [6.07, 6.45) is 5.53. The van der Waals surface area contributed by atoms with Crippen LogP contribution in [0.1, 0.15) is 50.1 Å². The zero-order chi connectivity index (χ0) is 19.8. The number of aromatic nitrogens is 3. The Bertz CT molecular complexity index is 768. The van der Waals surface area contributed by atoms with Gasteiger partial charge >= 0.3 is 0 Å². The van der Waals surface area contributed by atoms with Crippen molar-refractivity contribution in [2.75, 3.05) is 13.1 Å². The first-order valence-electron chi connectivity index (χ1n) is 10.3. The van der Waals surface area contributed by atoms with Crippen molar-refractivity contribution in [1.29, 1.82) is 0 Å². The van der Waals surface area contributed by atoms with Gasteiger partial charge in [0.1, 0.15) is 12.2 Å². The molecule has 1 aliphatic heterocycles. The van der Waals surface area contributed by atoms with Crippen LogP contribution in [0, 0.1) is 0 Å². The average Bonchev–Trinajstić information content (AvgIpc) is 3.11. The molecule has 1 fully saturated rings. The fourth-order valence-electron chi connectivity index (χ4n) is 3.63. The number of nitrogens with zero attached hydrogens (tertiary/aromatic N) is 5. The van der Waals surface area contributed by atoms with E-state index in [0.29, 0.717) is 19.1 Å². The first kappa shape index (κ1) is 20.3. The predicted octanol–water partition coefficient (Wildman–Crippen LogP) is 2.44. The summed E-state index contributed by atoms with van der Waals surface area (Å²) in [5.41, 5.74) is 2.67. The molecule has 7 nitrogen and oxygen atoms in total. The summed E-state index contributed by atoms with van der Waals surface area (Å²) in [5, 5.41) is 10.8. The third-order valence-electron chi connectivity index (χ3n) is 5.40. The van der Waals surface area contributed by atoms with Gasteiger partial charge < -0.3 is 10.6 Å². The molecule has 0 bridgehead atoms. The largest absolute Gasteiger partial charge is 0.357 e. The number of aliphatic imine (C=N–C) groups is 1. The monoisotopic (exact) mass is 383 g/mol. The molecule has 1 aliphatic rings. The third kappa shape index (κ3) is 5.55. The quantitative estimate of drug-likeness (QED) is 0.568. The summed E-state index contributed by atoms with van der Waals surface area (Å²) >= 11 is 0. The summed E-state index contributed by atoms with van der Waals surface area (Å²) in [5.74, 6) is 1.68. The van der Waals surface area contributed by atoms with E-state index in [9.17, 15) is 0 Å². The molecule has 2 aromatic rings. The van der Waals surface area contributed by atoms with Crippen molar-refractivity contribution in [2.24, 2.45) is 12.0 Å². The highest BCUT2D eigenvalue weighted by Crippen LogP contribution is 2.21. The lowest BCUT2D eigenvalue weighted by Gasteiger charge is -2.33. The Kier molecular flexibility index (Phi) is 7.42. The molecule has 0 spiro atoms. The van der Waals surface area contributed by atoms with Crippen molar-refractivity contribution in [3.8, 4) is 0 Å². The Hall–Kier alpha value is -2.41. The number of aryl methyl sites for hydroxylation is 1. The lowest BCUT2D eigenvalue weighted by molar-refractivity contribution is 0.152. The van der Waals surface area contributed by atoms with Crippen LogP contribution < -0.4 is 10.6 Å². The second-order valence-electron chi connectivity index (χ2n) is 7.43. The molecule has 0 amide bonds. The fourth-order valence-corrected chi connectivity index (χ4v) is 3.63. The van der Waals surface area contributed by atoms with E-state index < -0.39 is 0 Å². The summed E-state index contributed by atoms with van der Waals surface area (Å²) in [7, 11) is 1.89. The number of guanidine groups is 1. The summed E-state index contributed by atoms with van der Waals surface area (Å²) in [6.45, 7) is 8.70. The standard InChI is InChI=1S/C21H33N7/c1-4-22-21(24-14-20-25-16-26-27(20)3)23-13-18-10-5-6-11-19(18)15-28-12-8-7-9-17(28)2/h5-6,10-11,16-17H,4,7-9,12-15H2,1-3H3,(H2,22,23,24). The molecule has 1 aromatic carbocycles. The average molecular weight is 384 g/mol. The Morgan fingerprint density at radius 1 is 1.21 bits per heavy atom. The number of nitrogens with one attached hydrogen (secondary N) is 2. The van der Waals surface area contributed by atoms with Crippen molar-refractivity contribution in [1.82, 2.24) is 30.3 Å². The molecule has 152 valence electrons. The molecule has 2 N–H and O–H groups in total. The number of hydrogen-bond acceptors (Lipinski definition) is 4. The first-order valence-corrected chi connectivity index (χ1v) is 10.3. The van der Waals surface area contributed by atoms with E-state index in [-0.39, 0.29) is 0 Å². The van der Waals surface area contributed by atoms with Gasteiger partial charge in [0.2, 0.25) is 0 Å². The summed E-state index contributed by atoms with van der Waals surface area (Å²) in [6, 6.07) is 9.34. The molecule has 28 heavy (non-hydrogen) atoms. The van der Waals surface area contributed by atoms with Gasteiger partial charge in [0.25, 0.3) is 0 Å². The van der Waals surface area contributed by atoms with Gasteiger partial charge in [-0.1, -0.05) is 30.7 Å². The van der Waals surface area contributed by atoms with E-state index >= 15 is 0 Å². The van der Waals surface area contributed by atoms with Gasteiger partial charge in [-0.2, -0.15) is 5.10 Å². The Labute approximate surface area is 168 Å². The van der Waals surface area contributed by atoms with Crippen molar-refractivity contribution >= 4 is 5.96 Å². The van der Waals surface area contributed by atoms with Gasteiger partial charge in [-0.05, 0) is 44.4 Å². The Morgan fingerprint density at radius 2 is 2.04 bits per heavy atom. The van der Waals surface area contributed by atoms with Gasteiger partial charge in [-0.25, -0.2) is 9.98 Å². The summed E-state index contributed by atoms with van der Waals surface area (Å²) < 4.78 is 1.77. The number of benzene rings is 1. The van der Waals surface area contributed by atoms with Crippen LogP contribution in [-0.2, 0) is 26.7 Å². The maximum atomic E-state index is 4.80.